The summed E-state index contributed by atoms with van der Waals surface area (Å²) in [6, 6.07) is 2.36. The van der Waals surface area contributed by atoms with Gasteiger partial charge in [0.15, 0.2) is 0 Å². The van der Waals surface area contributed by atoms with Crippen molar-refractivity contribution in [1.82, 2.24) is 4.90 Å². The molecular formula is C14H18ClN3O3. The number of nitro benzene ring substituents is 1. The predicted octanol–water partition coefficient (Wildman–Crippen LogP) is 3.09. The molecule has 7 heteroatoms. The Morgan fingerprint density at radius 1 is 1.52 bits per heavy atom. The first-order valence-corrected chi connectivity index (χ1v) is 7.23. The predicted molar refractivity (Wildman–Crippen MR) is 81.4 cm³/mol. The van der Waals surface area contributed by atoms with Crippen molar-refractivity contribution in [2.45, 2.75) is 32.7 Å². The average molecular weight is 312 g/mol. The Labute approximate surface area is 128 Å². The first-order chi connectivity index (χ1) is 9.81. The summed E-state index contributed by atoms with van der Waals surface area (Å²) in [7, 11) is 0. The molecular weight excluding hydrogens is 294 g/mol. The topological polar surface area (TPSA) is 89.5 Å². The van der Waals surface area contributed by atoms with Gasteiger partial charge in [0.05, 0.1) is 21.2 Å². The molecule has 21 heavy (non-hydrogen) atoms. The molecule has 0 atom stereocenters. The van der Waals surface area contributed by atoms with E-state index in [1.54, 1.807) is 4.90 Å². The van der Waals surface area contributed by atoms with Gasteiger partial charge in [-0.1, -0.05) is 11.6 Å². The minimum atomic E-state index is -0.581. The van der Waals surface area contributed by atoms with E-state index in [0.717, 1.165) is 18.9 Å². The number of nitro groups is 1. The largest absolute Gasteiger partial charge is 0.397 e. The van der Waals surface area contributed by atoms with Crippen molar-refractivity contribution in [2.24, 2.45) is 5.92 Å². The molecule has 0 bridgehead atoms. The van der Waals surface area contributed by atoms with Crippen molar-refractivity contribution in [3.8, 4) is 0 Å². The smallest absolute Gasteiger partial charge is 0.271 e. The highest BCUT2D eigenvalue weighted by Gasteiger charge is 2.30. The number of nitrogens with zero attached hydrogens (tertiary/aromatic N) is 2. The molecule has 2 N–H and O–H groups in total. The Balaban J connectivity index is 2.37. The summed E-state index contributed by atoms with van der Waals surface area (Å²) in [6.45, 7) is 4.47. The first kappa shape index (κ1) is 15.6. The van der Waals surface area contributed by atoms with Crippen LogP contribution in [-0.4, -0.2) is 28.3 Å². The fraction of sp³-hybridized carbons (Fsp3) is 0.500. The van der Waals surface area contributed by atoms with Crippen molar-refractivity contribution >= 4 is 28.9 Å². The van der Waals surface area contributed by atoms with Gasteiger partial charge in [-0.15, -0.1) is 0 Å². The number of anilines is 1. The third kappa shape index (κ3) is 3.44. The van der Waals surface area contributed by atoms with E-state index in [2.05, 4.69) is 0 Å². The number of amides is 1. The van der Waals surface area contributed by atoms with Crippen LogP contribution in [0.5, 0.6) is 0 Å². The van der Waals surface area contributed by atoms with Crippen LogP contribution in [0.1, 0.15) is 37.0 Å². The van der Waals surface area contributed by atoms with Gasteiger partial charge in [-0.2, -0.15) is 0 Å². The highest BCUT2D eigenvalue weighted by atomic mass is 35.5. The lowest BCUT2D eigenvalue weighted by Crippen LogP contribution is -2.38. The summed E-state index contributed by atoms with van der Waals surface area (Å²) >= 11 is 5.91. The van der Waals surface area contributed by atoms with E-state index in [-0.39, 0.29) is 33.9 Å². The molecule has 1 fully saturated rings. The lowest BCUT2D eigenvalue weighted by atomic mass is 10.1. The Kier molecular flexibility index (Phi) is 4.37. The van der Waals surface area contributed by atoms with Gasteiger partial charge in [0, 0.05) is 24.7 Å². The van der Waals surface area contributed by atoms with E-state index in [1.165, 1.54) is 6.07 Å². The third-order valence-corrected chi connectivity index (χ3v) is 3.90. The number of benzene rings is 1. The van der Waals surface area contributed by atoms with Crippen molar-refractivity contribution in [2.75, 3.05) is 12.3 Å². The zero-order chi connectivity index (χ0) is 15.7. The number of non-ortho nitro benzene ring substituents is 1. The van der Waals surface area contributed by atoms with Gasteiger partial charge in [0.1, 0.15) is 0 Å². The SMILES string of the molecule is CC(C)N(CC1CC1)C(=O)c1cc([N+](=O)[O-])cc(Cl)c1N. The van der Waals surface area contributed by atoms with Crippen LogP contribution >= 0.6 is 11.6 Å². The molecule has 0 heterocycles. The second kappa shape index (κ2) is 5.89. The van der Waals surface area contributed by atoms with Gasteiger partial charge in [0.25, 0.3) is 11.6 Å². The molecule has 114 valence electrons. The summed E-state index contributed by atoms with van der Waals surface area (Å²) in [6.07, 6.45) is 2.23. The summed E-state index contributed by atoms with van der Waals surface area (Å²) in [5.41, 5.74) is 5.80. The zero-order valence-corrected chi connectivity index (χ0v) is 12.8. The molecule has 0 radical (unpaired) electrons. The second-order valence-corrected chi connectivity index (χ2v) is 6.05. The van der Waals surface area contributed by atoms with Crippen molar-refractivity contribution in [3.63, 3.8) is 0 Å². The Bertz CT molecular complexity index is 585. The molecule has 0 unspecified atom stereocenters. The minimum Gasteiger partial charge on any atom is -0.397 e. The quantitative estimate of drug-likeness (QED) is 0.514. The summed E-state index contributed by atoms with van der Waals surface area (Å²) in [5, 5.41) is 10.9. The molecule has 0 saturated heterocycles. The lowest BCUT2D eigenvalue weighted by Gasteiger charge is -2.27. The van der Waals surface area contributed by atoms with Crippen LogP contribution in [0.4, 0.5) is 11.4 Å². The lowest BCUT2D eigenvalue weighted by molar-refractivity contribution is -0.384. The number of rotatable bonds is 5. The maximum atomic E-state index is 12.7. The van der Waals surface area contributed by atoms with Crippen LogP contribution in [0.15, 0.2) is 12.1 Å². The second-order valence-electron chi connectivity index (χ2n) is 5.64. The van der Waals surface area contributed by atoms with Crippen LogP contribution in [0.3, 0.4) is 0 Å². The Morgan fingerprint density at radius 2 is 2.14 bits per heavy atom. The van der Waals surface area contributed by atoms with Gasteiger partial charge in [-0.3, -0.25) is 14.9 Å². The number of nitrogens with two attached hydrogens (primary N) is 1. The monoisotopic (exact) mass is 311 g/mol. The van der Waals surface area contributed by atoms with Crippen LogP contribution in [0, 0.1) is 16.0 Å². The number of carbonyl (C=O) groups is 1. The van der Waals surface area contributed by atoms with E-state index >= 15 is 0 Å². The molecule has 6 nitrogen and oxygen atoms in total. The third-order valence-electron chi connectivity index (χ3n) is 3.59. The van der Waals surface area contributed by atoms with Crippen molar-refractivity contribution < 1.29 is 9.72 Å². The fourth-order valence-electron chi connectivity index (χ4n) is 2.15. The summed E-state index contributed by atoms with van der Waals surface area (Å²) < 4.78 is 0. The molecule has 1 aliphatic rings. The highest BCUT2D eigenvalue weighted by molar-refractivity contribution is 6.34. The number of hydrogen-bond acceptors (Lipinski definition) is 4. The molecule has 0 aliphatic heterocycles. The molecule has 1 saturated carbocycles. The van der Waals surface area contributed by atoms with Gasteiger partial charge >= 0.3 is 0 Å². The zero-order valence-electron chi connectivity index (χ0n) is 12.0. The van der Waals surface area contributed by atoms with E-state index in [0.29, 0.717) is 12.5 Å². The molecule has 0 spiro atoms. The number of carbonyl (C=O) groups excluding carboxylic acids is 1. The molecule has 0 aromatic heterocycles. The van der Waals surface area contributed by atoms with Crippen LogP contribution in [0.2, 0.25) is 5.02 Å². The van der Waals surface area contributed by atoms with Crippen molar-refractivity contribution in [1.29, 1.82) is 0 Å². The molecule has 1 aromatic rings. The van der Waals surface area contributed by atoms with Gasteiger partial charge in [-0.25, -0.2) is 0 Å². The summed E-state index contributed by atoms with van der Waals surface area (Å²) in [5.74, 6) is 0.215. The Hall–Kier alpha value is -1.82. The maximum Gasteiger partial charge on any atom is 0.271 e. The van der Waals surface area contributed by atoms with Crippen LogP contribution in [0.25, 0.3) is 0 Å². The van der Waals surface area contributed by atoms with Crippen LogP contribution < -0.4 is 5.73 Å². The first-order valence-electron chi connectivity index (χ1n) is 6.85. The van der Waals surface area contributed by atoms with E-state index in [9.17, 15) is 14.9 Å². The highest BCUT2D eigenvalue weighted by Crippen LogP contribution is 2.33. The Morgan fingerprint density at radius 3 is 2.62 bits per heavy atom. The fourth-order valence-corrected chi connectivity index (χ4v) is 2.36. The normalized spacial score (nSPS) is 14.3. The maximum absolute atomic E-state index is 12.7. The molecule has 2 rings (SSSR count). The van der Waals surface area contributed by atoms with Crippen LogP contribution in [-0.2, 0) is 0 Å². The van der Waals surface area contributed by atoms with E-state index in [1.807, 2.05) is 13.8 Å². The summed E-state index contributed by atoms with van der Waals surface area (Å²) in [4.78, 5) is 24.7. The number of hydrogen-bond donors (Lipinski definition) is 1. The average Bonchev–Trinajstić information content (AvgIpc) is 3.21. The number of halogens is 1. The van der Waals surface area contributed by atoms with Gasteiger partial charge in [-0.05, 0) is 32.6 Å². The minimum absolute atomic E-state index is 0.00413. The van der Waals surface area contributed by atoms with Gasteiger partial charge in [0.2, 0.25) is 0 Å². The molecule has 1 amide bonds. The van der Waals surface area contributed by atoms with Crippen molar-refractivity contribution in [3.05, 3.63) is 32.8 Å². The number of nitrogen functional groups attached to an aromatic ring is 1. The molecule has 1 aliphatic carbocycles. The van der Waals surface area contributed by atoms with Gasteiger partial charge < -0.3 is 10.6 Å². The van der Waals surface area contributed by atoms with E-state index in [4.69, 9.17) is 17.3 Å². The van der Waals surface area contributed by atoms with E-state index < -0.39 is 4.92 Å². The molecule has 1 aromatic carbocycles. The standard InChI is InChI=1S/C14H18ClN3O3/c1-8(2)17(7-9-3-4-9)14(19)11-5-10(18(20)21)6-12(15)13(11)16/h5-6,8-9H,3-4,7,16H2,1-2H3.